The van der Waals surface area contributed by atoms with Crippen LogP contribution in [0.4, 0.5) is 13.2 Å². The zero-order chi connectivity index (χ0) is 28.0. The Morgan fingerprint density at radius 3 is 2.40 bits per heavy atom. The van der Waals surface area contributed by atoms with Gasteiger partial charge in [0, 0.05) is 48.8 Å². The second kappa shape index (κ2) is 13.0. The minimum atomic E-state index is -4.38. The van der Waals surface area contributed by atoms with Gasteiger partial charge in [0.15, 0.2) is 0 Å². The van der Waals surface area contributed by atoms with Crippen LogP contribution in [0, 0.1) is 0 Å². The lowest BCUT2D eigenvalue weighted by molar-refractivity contribution is -0.137. The van der Waals surface area contributed by atoms with Gasteiger partial charge in [-0.1, -0.05) is 43.5 Å². The zero-order valence-electron chi connectivity index (χ0n) is 23.3. The van der Waals surface area contributed by atoms with Gasteiger partial charge in [0.05, 0.1) is 11.1 Å². The smallest absolute Gasteiger partial charge is 0.316 e. The highest BCUT2D eigenvalue weighted by Gasteiger charge is 2.30. The van der Waals surface area contributed by atoms with E-state index in [0.29, 0.717) is 12.2 Å². The van der Waals surface area contributed by atoms with E-state index in [1.54, 1.807) is 6.07 Å². The van der Waals surface area contributed by atoms with Crippen molar-refractivity contribution in [3.05, 3.63) is 95.9 Å². The van der Waals surface area contributed by atoms with E-state index in [9.17, 15) is 13.2 Å². The Hall–Kier alpha value is -3.16. The van der Waals surface area contributed by atoms with E-state index < -0.39 is 11.7 Å². The van der Waals surface area contributed by atoms with Crippen molar-refractivity contribution in [1.29, 1.82) is 0 Å². The number of rotatable bonds is 11. The summed E-state index contributed by atoms with van der Waals surface area (Å²) in [6.45, 7) is 3.57. The van der Waals surface area contributed by atoms with Crippen molar-refractivity contribution in [2.75, 3.05) is 20.1 Å². The number of nitrogens with zero attached hydrogens (tertiary/aromatic N) is 4. The van der Waals surface area contributed by atoms with E-state index in [4.69, 9.17) is 0 Å². The van der Waals surface area contributed by atoms with Gasteiger partial charge >= 0.3 is 6.18 Å². The van der Waals surface area contributed by atoms with Crippen LogP contribution in [0.5, 0.6) is 0 Å². The molecule has 4 nitrogen and oxygen atoms in total. The second-order valence-corrected chi connectivity index (χ2v) is 11.1. The molecule has 0 aliphatic heterocycles. The molecule has 0 saturated heterocycles. The number of para-hydroxylation sites is 1. The van der Waals surface area contributed by atoms with E-state index in [1.165, 1.54) is 49.8 Å². The summed E-state index contributed by atoms with van der Waals surface area (Å²) in [5, 5.41) is 1.07. The Morgan fingerprint density at radius 2 is 1.62 bits per heavy atom. The number of hydrogen-bond acceptors (Lipinski definition) is 3. The minimum absolute atomic E-state index is 0.517. The molecule has 0 amide bonds. The molecule has 0 N–H and O–H groups in total. The standard InChI is InChI=1S/C33H39F3N4/c1-38(29-11-3-2-4-12-29)20-7-8-21-39(23-26-16-18-37-19-17-26)24-27-25-40(32-15-6-5-14-31(27)32)30-13-9-10-28(22-30)33(34,35)36/h5-6,9-10,13-19,22,25,29H,2-4,7-8,11-12,20-21,23-24H2,1H3. The lowest BCUT2D eigenvalue weighted by Crippen LogP contribution is -2.34. The highest BCUT2D eigenvalue weighted by atomic mass is 19.4. The SMILES string of the molecule is CN(CCCCN(Cc1ccncc1)Cc1cn(-c2cccc(C(F)(F)F)c2)c2ccccc12)C1CCCCC1. The Bertz CT molecular complexity index is 1360. The number of aromatic nitrogens is 2. The van der Waals surface area contributed by atoms with E-state index in [2.05, 4.69) is 40.0 Å². The van der Waals surface area contributed by atoms with Gasteiger partial charge in [0.2, 0.25) is 0 Å². The molecule has 0 bridgehead atoms. The van der Waals surface area contributed by atoms with Crippen molar-refractivity contribution < 1.29 is 13.2 Å². The molecule has 4 aromatic rings. The molecule has 2 aromatic carbocycles. The zero-order valence-corrected chi connectivity index (χ0v) is 23.3. The third kappa shape index (κ3) is 7.12. The average Bonchev–Trinajstić information content (AvgIpc) is 3.34. The largest absolute Gasteiger partial charge is 0.416 e. The molecule has 40 heavy (non-hydrogen) atoms. The first kappa shape index (κ1) is 28.4. The Kier molecular flexibility index (Phi) is 9.22. The Balaban J connectivity index is 1.34. The molecular weight excluding hydrogens is 509 g/mol. The van der Waals surface area contributed by atoms with Crippen LogP contribution < -0.4 is 0 Å². The van der Waals surface area contributed by atoms with Gasteiger partial charge in [-0.15, -0.1) is 0 Å². The minimum Gasteiger partial charge on any atom is -0.316 e. The normalized spacial score (nSPS) is 14.9. The summed E-state index contributed by atoms with van der Waals surface area (Å²) < 4.78 is 42.3. The van der Waals surface area contributed by atoms with Crippen molar-refractivity contribution in [2.45, 2.75) is 70.3 Å². The van der Waals surface area contributed by atoms with E-state index in [0.717, 1.165) is 61.1 Å². The van der Waals surface area contributed by atoms with Gasteiger partial charge in [0.25, 0.3) is 0 Å². The van der Waals surface area contributed by atoms with Crippen molar-refractivity contribution in [2.24, 2.45) is 0 Å². The summed E-state index contributed by atoms with van der Waals surface area (Å²) in [7, 11) is 2.27. The quantitative estimate of drug-likeness (QED) is 0.177. The van der Waals surface area contributed by atoms with Gasteiger partial charge in [0.1, 0.15) is 0 Å². The molecule has 0 unspecified atom stereocenters. The van der Waals surface area contributed by atoms with E-state index in [1.807, 2.05) is 41.4 Å². The molecule has 1 saturated carbocycles. The molecule has 1 aliphatic carbocycles. The van der Waals surface area contributed by atoms with Crippen LogP contribution >= 0.6 is 0 Å². The van der Waals surface area contributed by atoms with E-state index >= 15 is 0 Å². The third-order valence-electron chi connectivity index (χ3n) is 8.23. The van der Waals surface area contributed by atoms with Gasteiger partial charge in [-0.3, -0.25) is 9.88 Å². The van der Waals surface area contributed by atoms with Crippen molar-refractivity contribution in [1.82, 2.24) is 19.4 Å². The van der Waals surface area contributed by atoms with Crippen LogP contribution in [0.25, 0.3) is 16.6 Å². The summed E-state index contributed by atoms with van der Waals surface area (Å²) in [5.41, 5.74) is 3.11. The summed E-state index contributed by atoms with van der Waals surface area (Å²) in [6.07, 6.45) is 10.2. The fourth-order valence-electron chi connectivity index (χ4n) is 6.02. The van der Waals surface area contributed by atoms with Gasteiger partial charge in [-0.05, 0) is 93.3 Å². The first-order valence-corrected chi connectivity index (χ1v) is 14.5. The number of alkyl halides is 3. The van der Waals surface area contributed by atoms with Crippen LogP contribution in [0.2, 0.25) is 0 Å². The summed E-state index contributed by atoms with van der Waals surface area (Å²) in [4.78, 5) is 9.17. The number of hydrogen-bond donors (Lipinski definition) is 0. The van der Waals surface area contributed by atoms with E-state index in [-0.39, 0.29) is 0 Å². The van der Waals surface area contributed by atoms with Crippen molar-refractivity contribution in [3.8, 4) is 5.69 Å². The molecule has 0 spiro atoms. The molecule has 2 aromatic heterocycles. The number of fused-ring (bicyclic) bond motifs is 1. The topological polar surface area (TPSA) is 24.3 Å². The molecule has 1 fully saturated rings. The number of halogens is 3. The maximum atomic E-state index is 13.5. The van der Waals surface area contributed by atoms with Crippen LogP contribution in [0.1, 0.15) is 61.6 Å². The Labute approximate surface area is 235 Å². The first-order valence-electron chi connectivity index (χ1n) is 14.5. The lowest BCUT2D eigenvalue weighted by Gasteiger charge is -2.31. The van der Waals surface area contributed by atoms with Crippen LogP contribution in [0.15, 0.2) is 79.3 Å². The molecule has 7 heteroatoms. The third-order valence-corrected chi connectivity index (χ3v) is 8.23. The molecule has 0 radical (unpaired) electrons. The van der Waals surface area contributed by atoms with Crippen LogP contribution in [-0.4, -0.2) is 45.5 Å². The fourth-order valence-corrected chi connectivity index (χ4v) is 6.02. The summed E-state index contributed by atoms with van der Waals surface area (Å²) >= 11 is 0. The second-order valence-electron chi connectivity index (χ2n) is 11.1. The average molecular weight is 549 g/mol. The Morgan fingerprint density at radius 1 is 0.875 bits per heavy atom. The number of pyridine rings is 1. The molecule has 2 heterocycles. The monoisotopic (exact) mass is 548 g/mol. The maximum Gasteiger partial charge on any atom is 0.416 e. The predicted molar refractivity (Wildman–Crippen MR) is 155 cm³/mol. The van der Waals surface area contributed by atoms with Crippen molar-refractivity contribution in [3.63, 3.8) is 0 Å². The summed E-state index contributed by atoms with van der Waals surface area (Å²) in [6, 6.07) is 18.4. The first-order chi connectivity index (χ1) is 19.4. The van der Waals surface area contributed by atoms with Gasteiger partial charge < -0.3 is 9.47 Å². The fraction of sp³-hybridized carbons (Fsp3) is 0.424. The van der Waals surface area contributed by atoms with Crippen LogP contribution in [-0.2, 0) is 19.3 Å². The molecule has 5 rings (SSSR count). The van der Waals surface area contributed by atoms with Gasteiger partial charge in [-0.25, -0.2) is 0 Å². The van der Waals surface area contributed by atoms with Gasteiger partial charge in [-0.2, -0.15) is 13.2 Å². The number of unbranched alkanes of at least 4 members (excludes halogenated alkanes) is 1. The van der Waals surface area contributed by atoms with Crippen LogP contribution in [0.3, 0.4) is 0 Å². The molecule has 0 atom stereocenters. The molecular formula is C33H39F3N4. The van der Waals surface area contributed by atoms with Crippen molar-refractivity contribution >= 4 is 10.9 Å². The maximum absolute atomic E-state index is 13.5. The lowest BCUT2D eigenvalue weighted by atomic mass is 9.94. The number of benzene rings is 2. The predicted octanol–water partition coefficient (Wildman–Crippen LogP) is 8.09. The molecule has 1 aliphatic rings. The summed E-state index contributed by atoms with van der Waals surface area (Å²) in [5.74, 6) is 0. The molecule has 212 valence electrons. The highest BCUT2D eigenvalue weighted by molar-refractivity contribution is 5.85. The highest BCUT2D eigenvalue weighted by Crippen LogP contribution is 2.32.